The third-order valence-electron chi connectivity index (χ3n) is 4.28. The lowest BCUT2D eigenvalue weighted by Gasteiger charge is -2.22. The Kier molecular flexibility index (Phi) is 3.92. The Balaban J connectivity index is 1.71. The van der Waals surface area contributed by atoms with E-state index in [2.05, 4.69) is 51.9 Å². The molecule has 0 radical (unpaired) electrons. The Morgan fingerprint density at radius 2 is 2.25 bits per heavy atom. The number of nitrogens with zero attached hydrogens (tertiary/aromatic N) is 3. The molecule has 0 spiro atoms. The summed E-state index contributed by atoms with van der Waals surface area (Å²) >= 11 is 0. The molecule has 0 saturated heterocycles. The zero-order chi connectivity index (χ0) is 13.9. The number of hydrogen-bond acceptors (Lipinski definition) is 2. The predicted octanol–water partition coefficient (Wildman–Crippen LogP) is 2.68. The van der Waals surface area contributed by atoms with Crippen molar-refractivity contribution in [1.29, 1.82) is 0 Å². The summed E-state index contributed by atoms with van der Waals surface area (Å²) in [5.74, 6) is 1.09. The third-order valence-corrected chi connectivity index (χ3v) is 4.28. The minimum Gasteiger partial charge on any atom is -0.352 e. The van der Waals surface area contributed by atoms with E-state index < -0.39 is 0 Å². The molecular formula is C16H24N4. The molecule has 3 rings (SSSR count). The smallest absolute Gasteiger partial charge is 0.105 e. The maximum atomic E-state index is 4.27. The van der Waals surface area contributed by atoms with Crippen LogP contribution >= 0.6 is 0 Å². The second-order valence-electron chi connectivity index (χ2n) is 5.65. The van der Waals surface area contributed by atoms with Gasteiger partial charge in [-0.3, -0.25) is 0 Å². The van der Waals surface area contributed by atoms with Crippen molar-refractivity contribution >= 4 is 0 Å². The van der Waals surface area contributed by atoms with Crippen molar-refractivity contribution in [3.05, 3.63) is 41.7 Å². The Morgan fingerprint density at radius 1 is 1.35 bits per heavy atom. The largest absolute Gasteiger partial charge is 0.352 e. The van der Waals surface area contributed by atoms with Gasteiger partial charge < -0.3 is 14.5 Å². The van der Waals surface area contributed by atoms with Gasteiger partial charge in [0.2, 0.25) is 0 Å². The summed E-state index contributed by atoms with van der Waals surface area (Å²) in [4.78, 5) is 4.27. The number of aromatic nitrogens is 3. The average Bonchev–Trinajstić information content (AvgIpc) is 3.03. The molecule has 0 saturated carbocycles. The molecule has 1 unspecified atom stereocenters. The highest BCUT2D eigenvalue weighted by Gasteiger charge is 2.21. The van der Waals surface area contributed by atoms with Crippen molar-refractivity contribution in [2.45, 2.75) is 52.2 Å². The molecule has 0 amide bonds. The Morgan fingerprint density at radius 3 is 3.00 bits per heavy atom. The van der Waals surface area contributed by atoms with E-state index in [-0.39, 0.29) is 0 Å². The molecule has 0 bridgehead atoms. The van der Waals surface area contributed by atoms with Gasteiger partial charge in [-0.1, -0.05) is 6.92 Å². The summed E-state index contributed by atoms with van der Waals surface area (Å²) in [5.41, 5.74) is 3.05. The molecule has 1 atom stereocenters. The van der Waals surface area contributed by atoms with E-state index in [9.17, 15) is 0 Å². The Bertz CT molecular complexity index is 567. The van der Waals surface area contributed by atoms with E-state index in [0.29, 0.717) is 6.04 Å². The van der Waals surface area contributed by atoms with Crippen LogP contribution in [0, 0.1) is 6.92 Å². The molecular weight excluding hydrogens is 248 g/mol. The fourth-order valence-corrected chi connectivity index (χ4v) is 3.20. The second-order valence-corrected chi connectivity index (χ2v) is 5.65. The number of rotatable bonds is 5. The van der Waals surface area contributed by atoms with Crippen LogP contribution in [0.2, 0.25) is 0 Å². The van der Waals surface area contributed by atoms with E-state index in [1.807, 2.05) is 6.20 Å². The summed E-state index contributed by atoms with van der Waals surface area (Å²) < 4.78 is 4.56. The Hall–Kier alpha value is -1.55. The first kappa shape index (κ1) is 13.4. The van der Waals surface area contributed by atoms with E-state index in [1.54, 1.807) is 0 Å². The molecule has 20 heavy (non-hydrogen) atoms. The van der Waals surface area contributed by atoms with Crippen LogP contribution in [0.1, 0.15) is 42.8 Å². The first-order chi connectivity index (χ1) is 9.78. The molecule has 1 N–H and O–H groups in total. The maximum Gasteiger partial charge on any atom is 0.105 e. The maximum absolute atomic E-state index is 4.27. The van der Waals surface area contributed by atoms with Gasteiger partial charge >= 0.3 is 0 Å². The van der Waals surface area contributed by atoms with Crippen LogP contribution in [0.3, 0.4) is 0 Å². The Labute approximate surface area is 120 Å². The van der Waals surface area contributed by atoms with Crippen LogP contribution in [0.5, 0.6) is 0 Å². The average molecular weight is 272 g/mol. The fourth-order valence-electron chi connectivity index (χ4n) is 3.20. The van der Waals surface area contributed by atoms with Gasteiger partial charge in [0, 0.05) is 43.9 Å². The number of imidazole rings is 1. The van der Waals surface area contributed by atoms with Crippen LogP contribution in [0.15, 0.2) is 24.8 Å². The summed E-state index contributed by atoms with van der Waals surface area (Å²) in [6.45, 7) is 7.30. The van der Waals surface area contributed by atoms with Crippen LogP contribution in [0.4, 0.5) is 0 Å². The normalized spacial score (nSPS) is 18.2. The van der Waals surface area contributed by atoms with Crippen LogP contribution < -0.4 is 5.32 Å². The van der Waals surface area contributed by atoms with Gasteiger partial charge in [-0.05, 0) is 43.9 Å². The third kappa shape index (κ3) is 2.66. The van der Waals surface area contributed by atoms with Crippen molar-refractivity contribution in [3.63, 3.8) is 0 Å². The zero-order valence-electron chi connectivity index (χ0n) is 12.5. The highest BCUT2D eigenvalue weighted by atomic mass is 15.1. The fraction of sp³-hybridized carbons (Fsp3) is 0.562. The highest BCUT2D eigenvalue weighted by molar-refractivity contribution is 5.30. The lowest BCUT2D eigenvalue weighted by atomic mass is 9.91. The monoisotopic (exact) mass is 272 g/mol. The molecule has 2 heterocycles. The molecule has 2 aromatic heterocycles. The van der Waals surface area contributed by atoms with Crippen LogP contribution in [-0.2, 0) is 19.5 Å². The van der Waals surface area contributed by atoms with E-state index in [4.69, 9.17) is 0 Å². The first-order valence-corrected chi connectivity index (χ1v) is 7.67. The predicted molar refractivity (Wildman–Crippen MR) is 80.8 cm³/mol. The van der Waals surface area contributed by atoms with Gasteiger partial charge in [-0.25, -0.2) is 4.98 Å². The van der Waals surface area contributed by atoms with E-state index in [0.717, 1.165) is 25.5 Å². The summed E-state index contributed by atoms with van der Waals surface area (Å²) in [5, 5.41) is 3.60. The van der Waals surface area contributed by atoms with Gasteiger partial charge in [0.25, 0.3) is 0 Å². The van der Waals surface area contributed by atoms with Gasteiger partial charge in [0.15, 0.2) is 0 Å². The number of fused-ring (bicyclic) bond motifs is 1. The molecule has 4 heteroatoms. The number of aryl methyl sites for hydroxylation is 4. The number of hydrogen-bond donors (Lipinski definition) is 1. The van der Waals surface area contributed by atoms with Gasteiger partial charge in [0.1, 0.15) is 5.82 Å². The molecule has 0 fully saturated rings. The van der Waals surface area contributed by atoms with E-state index >= 15 is 0 Å². The molecule has 1 aliphatic carbocycles. The second kappa shape index (κ2) is 5.83. The minimum absolute atomic E-state index is 0.556. The summed E-state index contributed by atoms with van der Waals surface area (Å²) in [6.07, 6.45) is 12.4. The van der Waals surface area contributed by atoms with Gasteiger partial charge in [-0.15, -0.1) is 0 Å². The SMILES string of the molecule is CCNC1CCCc2cn(CCn3ccnc3C)cc21. The van der Waals surface area contributed by atoms with Gasteiger partial charge in [0.05, 0.1) is 0 Å². The van der Waals surface area contributed by atoms with Crippen molar-refractivity contribution in [2.24, 2.45) is 0 Å². The molecule has 108 valence electrons. The van der Waals surface area contributed by atoms with Gasteiger partial charge in [-0.2, -0.15) is 0 Å². The van der Waals surface area contributed by atoms with Crippen molar-refractivity contribution in [2.75, 3.05) is 6.54 Å². The van der Waals surface area contributed by atoms with E-state index in [1.165, 1.54) is 30.4 Å². The minimum atomic E-state index is 0.556. The molecule has 0 aliphatic heterocycles. The molecule has 0 aromatic carbocycles. The summed E-state index contributed by atoms with van der Waals surface area (Å²) in [7, 11) is 0. The van der Waals surface area contributed by atoms with Crippen molar-refractivity contribution < 1.29 is 0 Å². The first-order valence-electron chi connectivity index (χ1n) is 7.67. The highest BCUT2D eigenvalue weighted by Crippen LogP contribution is 2.30. The van der Waals surface area contributed by atoms with Crippen molar-refractivity contribution in [1.82, 2.24) is 19.4 Å². The number of nitrogens with one attached hydrogen (secondary N) is 1. The standard InChI is InChI=1S/C16H24N4/c1-3-17-16-6-4-5-14-11-19(12-15(14)16)9-10-20-8-7-18-13(20)2/h7-8,11-12,16-17H,3-6,9-10H2,1-2H3. The molecule has 4 nitrogen and oxygen atoms in total. The lowest BCUT2D eigenvalue weighted by molar-refractivity contribution is 0.473. The lowest BCUT2D eigenvalue weighted by Crippen LogP contribution is -2.23. The molecule has 2 aromatic rings. The zero-order valence-corrected chi connectivity index (χ0v) is 12.5. The molecule has 1 aliphatic rings. The topological polar surface area (TPSA) is 34.8 Å². The van der Waals surface area contributed by atoms with Crippen LogP contribution in [-0.4, -0.2) is 20.7 Å². The van der Waals surface area contributed by atoms with Crippen LogP contribution in [0.25, 0.3) is 0 Å². The summed E-state index contributed by atoms with van der Waals surface area (Å²) in [6, 6.07) is 0.556. The quantitative estimate of drug-likeness (QED) is 0.908. The van der Waals surface area contributed by atoms with Crippen molar-refractivity contribution in [3.8, 4) is 0 Å².